The quantitative estimate of drug-likeness (QED) is 0.670. The summed E-state index contributed by atoms with van der Waals surface area (Å²) < 4.78 is 0. The number of hydrogen-bond donors (Lipinski definition) is 2. The number of carbonyl (C=O) groups is 2. The van der Waals surface area contributed by atoms with Crippen molar-refractivity contribution in [3.63, 3.8) is 0 Å². The Bertz CT molecular complexity index is 1240. The van der Waals surface area contributed by atoms with Gasteiger partial charge in [0.25, 0.3) is 11.8 Å². The number of carbonyl (C=O) groups excluding carboxylic acids is 2. The maximum atomic E-state index is 12.8. The third-order valence-electron chi connectivity index (χ3n) is 4.58. The number of amides is 2. The van der Waals surface area contributed by atoms with Gasteiger partial charge in [0.15, 0.2) is 0 Å². The molecular weight excluding hydrogens is 470 g/mol. The maximum Gasteiger partial charge on any atom is 0.258 e. The molecule has 0 aromatic heterocycles. The molecule has 2 aliphatic rings. The highest BCUT2D eigenvalue weighted by Crippen LogP contribution is 2.41. The smallest absolute Gasteiger partial charge is 0.258 e. The second kappa shape index (κ2) is 7.36. The van der Waals surface area contributed by atoms with Crippen LogP contribution < -0.4 is 10.6 Å². The maximum absolute atomic E-state index is 12.8. The van der Waals surface area contributed by atoms with E-state index in [0.717, 1.165) is 0 Å². The molecule has 0 unspecified atom stereocenters. The van der Waals surface area contributed by atoms with Crippen molar-refractivity contribution in [2.24, 2.45) is 0 Å². The van der Waals surface area contributed by atoms with Crippen LogP contribution in [0.1, 0.15) is 22.3 Å². The average Bonchev–Trinajstić information content (AvgIpc) is 3.24. The van der Waals surface area contributed by atoms with E-state index in [9.17, 15) is 20.1 Å². The van der Waals surface area contributed by atoms with Crippen molar-refractivity contribution in [2.75, 3.05) is 0 Å². The summed E-state index contributed by atoms with van der Waals surface area (Å²) in [7, 11) is 0. The Morgan fingerprint density at radius 1 is 0.633 bits per heavy atom. The highest BCUT2D eigenvalue weighted by molar-refractivity contribution is 6.43. The molecule has 2 aromatic rings. The monoisotopic (exact) mass is 474 g/mol. The van der Waals surface area contributed by atoms with Crippen LogP contribution in [0.5, 0.6) is 0 Å². The Kier molecular flexibility index (Phi) is 4.97. The Labute approximate surface area is 189 Å². The van der Waals surface area contributed by atoms with Crippen LogP contribution in [-0.2, 0) is 9.59 Å². The average molecular weight is 476 g/mol. The molecule has 4 rings (SSSR count). The third-order valence-corrected chi connectivity index (χ3v) is 6.03. The highest BCUT2D eigenvalue weighted by atomic mass is 35.5. The van der Waals surface area contributed by atoms with Gasteiger partial charge in [-0.3, -0.25) is 9.59 Å². The minimum Gasteiger partial charge on any atom is -0.321 e. The van der Waals surface area contributed by atoms with Crippen molar-refractivity contribution in [3.8, 4) is 12.1 Å². The Hall–Kier alpha value is -3.00. The summed E-state index contributed by atoms with van der Waals surface area (Å²) in [5.41, 5.74) is 1.04. The van der Waals surface area contributed by atoms with Crippen LogP contribution in [0, 0.1) is 22.7 Å². The third kappa shape index (κ3) is 3.02. The number of halogens is 4. The lowest BCUT2D eigenvalue weighted by atomic mass is 9.98. The van der Waals surface area contributed by atoms with Gasteiger partial charge in [0.2, 0.25) is 0 Å². The Morgan fingerprint density at radius 3 is 1.30 bits per heavy atom. The number of nitrogens with zero attached hydrogens (tertiary/aromatic N) is 2. The fourth-order valence-corrected chi connectivity index (χ4v) is 3.93. The van der Waals surface area contributed by atoms with E-state index in [2.05, 4.69) is 10.6 Å². The summed E-state index contributed by atoms with van der Waals surface area (Å²) in [6.07, 6.45) is 0. The molecule has 0 aliphatic carbocycles. The van der Waals surface area contributed by atoms with Crippen LogP contribution in [0.15, 0.2) is 35.4 Å². The molecule has 6 nitrogen and oxygen atoms in total. The predicted octanol–water partition coefficient (Wildman–Crippen LogP) is 4.43. The summed E-state index contributed by atoms with van der Waals surface area (Å²) in [5, 5.41) is 24.8. The van der Waals surface area contributed by atoms with E-state index in [4.69, 9.17) is 46.4 Å². The van der Waals surface area contributed by atoms with Crippen molar-refractivity contribution < 1.29 is 9.59 Å². The van der Waals surface area contributed by atoms with Gasteiger partial charge >= 0.3 is 0 Å². The SMILES string of the molecule is N#Cc1cc(Cl)c(Cl)cc1C1=C2C(=O)NC(c3cc(Cl)c(Cl)cc3C#N)=C2C(=O)N1. The first-order valence-corrected chi connectivity index (χ1v) is 9.68. The molecule has 0 bridgehead atoms. The second-order valence-corrected chi connectivity index (χ2v) is 7.88. The largest absolute Gasteiger partial charge is 0.321 e. The minimum atomic E-state index is -0.585. The topological polar surface area (TPSA) is 106 Å². The highest BCUT2D eigenvalue weighted by Gasteiger charge is 2.42. The number of fused-ring (bicyclic) bond motifs is 1. The van der Waals surface area contributed by atoms with Gasteiger partial charge in [0.05, 0.1) is 65.9 Å². The number of rotatable bonds is 2. The van der Waals surface area contributed by atoms with Crippen LogP contribution in [0.4, 0.5) is 0 Å². The van der Waals surface area contributed by atoms with Gasteiger partial charge in [-0.25, -0.2) is 0 Å². The van der Waals surface area contributed by atoms with E-state index >= 15 is 0 Å². The minimum absolute atomic E-state index is 0.0276. The van der Waals surface area contributed by atoms with Crippen molar-refractivity contribution in [3.05, 3.63) is 77.8 Å². The molecule has 2 aromatic carbocycles. The molecule has 30 heavy (non-hydrogen) atoms. The van der Waals surface area contributed by atoms with Crippen molar-refractivity contribution in [1.29, 1.82) is 10.5 Å². The van der Waals surface area contributed by atoms with Gasteiger partial charge < -0.3 is 10.6 Å². The Balaban J connectivity index is 2.00. The second-order valence-electron chi connectivity index (χ2n) is 6.26. The molecule has 0 saturated heterocycles. The zero-order valence-corrected chi connectivity index (χ0v) is 17.6. The normalized spacial score (nSPS) is 15.0. The number of nitriles is 2. The molecule has 2 heterocycles. The molecule has 2 aliphatic heterocycles. The van der Waals surface area contributed by atoms with Gasteiger partial charge in [-0.05, 0) is 24.3 Å². The van der Waals surface area contributed by atoms with E-state index in [-0.39, 0.29) is 64.9 Å². The van der Waals surface area contributed by atoms with Crippen molar-refractivity contribution >= 4 is 69.6 Å². The first-order chi connectivity index (χ1) is 14.3. The van der Waals surface area contributed by atoms with Crippen LogP contribution in [0.3, 0.4) is 0 Å². The van der Waals surface area contributed by atoms with Gasteiger partial charge in [0, 0.05) is 11.1 Å². The predicted molar refractivity (Wildman–Crippen MR) is 112 cm³/mol. The van der Waals surface area contributed by atoms with E-state index in [1.54, 1.807) is 0 Å². The number of hydrogen-bond acceptors (Lipinski definition) is 4. The van der Waals surface area contributed by atoms with E-state index in [1.165, 1.54) is 24.3 Å². The van der Waals surface area contributed by atoms with Crippen LogP contribution in [-0.4, -0.2) is 11.8 Å². The molecule has 146 valence electrons. The Morgan fingerprint density at radius 2 is 0.967 bits per heavy atom. The van der Waals surface area contributed by atoms with Gasteiger partial charge in [-0.1, -0.05) is 46.4 Å². The van der Waals surface area contributed by atoms with Crippen molar-refractivity contribution in [2.45, 2.75) is 0 Å². The van der Waals surface area contributed by atoms with Gasteiger partial charge in [-0.15, -0.1) is 0 Å². The summed E-state index contributed by atoms with van der Waals surface area (Å²) in [6.45, 7) is 0. The lowest BCUT2D eigenvalue weighted by molar-refractivity contribution is -0.117. The fraction of sp³-hybridized carbons (Fsp3) is 0. The summed E-state index contributed by atoms with van der Waals surface area (Å²) in [6, 6.07) is 9.45. The molecular formula is C20H6Cl4N4O2. The lowest BCUT2D eigenvalue weighted by Crippen LogP contribution is -2.22. The van der Waals surface area contributed by atoms with Crippen LogP contribution in [0.2, 0.25) is 20.1 Å². The van der Waals surface area contributed by atoms with E-state index in [1.807, 2.05) is 12.1 Å². The van der Waals surface area contributed by atoms with Crippen LogP contribution >= 0.6 is 46.4 Å². The molecule has 0 spiro atoms. The summed E-state index contributed by atoms with van der Waals surface area (Å²) in [4.78, 5) is 25.6. The zero-order chi connectivity index (χ0) is 21.7. The first-order valence-electron chi connectivity index (χ1n) is 8.17. The molecule has 0 fully saturated rings. The van der Waals surface area contributed by atoms with Gasteiger partial charge in [-0.2, -0.15) is 10.5 Å². The van der Waals surface area contributed by atoms with E-state index < -0.39 is 11.8 Å². The molecule has 0 radical (unpaired) electrons. The summed E-state index contributed by atoms with van der Waals surface area (Å²) >= 11 is 24.1. The van der Waals surface area contributed by atoms with Crippen LogP contribution in [0.25, 0.3) is 11.4 Å². The molecule has 0 saturated carbocycles. The molecule has 10 heteroatoms. The van der Waals surface area contributed by atoms with Crippen molar-refractivity contribution in [1.82, 2.24) is 10.6 Å². The number of benzene rings is 2. The zero-order valence-electron chi connectivity index (χ0n) is 14.5. The van der Waals surface area contributed by atoms with Gasteiger partial charge in [0.1, 0.15) is 0 Å². The van der Waals surface area contributed by atoms with E-state index in [0.29, 0.717) is 0 Å². The summed E-state index contributed by atoms with van der Waals surface area (Å²) in [5.74, 6) is -1.17. The number of nitrogens with one attached hydrogen (secondary N) is 2. The molecule has 2 N–H and O–H groups in total. The first kappa shape index (κ1) is 20.3. The standard InChI is InChI=1S/C20H6Cl4N4O2/c21-11-1-7(5-25)9(3-13(11)23)17-15-16(20(30)27-17)18(28-19(15)29)10-4-14(24)12(22)2-8(10)6-26/h1-4H,(H,27,30)(H,28,29). The lowest BCUT2D eigenvalue weighted by Gasteiger charge is -2.11. The molecule has 2 amide bonds. The molecule has 0 atom stereocenters. The fourth-order valence-electron chi connectivity index (χ4n) is 3.28.